The van der Waals surface area contributed by atoms with Crippen LogP contribution in [0.3, 0.4) is 0 Å². The average molecular weight is 213 g/mol. The number of carbonyl (C=O) groups excluding carboxylic acids is 1. The third-order valence-electron chi connectivity index (χ3n) is 3.15. The largest absolute Gasteiger partial charge is 0.466 e. The van der Waals surface area contributed by atoms with Crippen LogP contribution in [0.15, 0.2) is 0 Å². The van der Waals surface area contributed by atoms with Crippen molar-refractivity contribution >= 4 is 5.97 Å². The lowest BCUT2D eigenvalue weighted by Gasteiger charge is -2.31. The summed E-state index contributed by atoms with van der Waals surface area (Å²) < 4.78 is 5.09. The highest BCUT2D eigenvalue weighted by atomic mass is 16.5. The Bertz CT molecular complexity index is 232. The van der Waals surface area contributed by atoms with Crippen molar-refractivity contribution in [3.05, 3.63) is 0 Å². The van der Waals surface area contributed by atoms with Gasteiger partial charge in [0, 0.05) is 18.6 Å². The van der Waals surface area contributed by atoms with Gasteiger partial charge in [0.25, 0.3) is 0 Å². The second kappa shape index (κ2) is 4.52. The molecule has 0 radical (unpaired) electrons. The third kappa shape index (κ3) is 2.94. The molecule has 1 aliphatic rings. The van der Waals surface area contributed by atoms with Crippen molar-refractivity contribution in [2.45, 2.75) is 40.2 Å². The third-order valence-corrected chi connectivity index (χ3v) is 3.15. The molecule has 0 saturated carbocycles. The van der Waals surface area contributed by atoms with Gasteiger partial charge in [0.2, 0.25) is 0 Å². The fraction of sp³-hybridized carbons (Fsp3) is 0.917. The van der Waals surface area contributed by atoms with Crippen molar-refractivity contribution in [3.63, 3.8) is 0 Å². The first-order valence-corrected chi connectivity index (χ1v) is 5.78. The lowest BCUT2D eigenvalue weighted by Crippen LogP contribution is -2.40. The van der Waals surface area contributed by atoms with E-state index in [0.29, 0.717) is 12.5 Å². The summed E-state index contributed by atoms with van der Waals surface area (Å²) in [6.07, 6.45) is 0. The minimum absolute atomic E-state index is 0.0308. The lowest BCUT2D eigenvalue weighted by molar-refractivity contribution is -0.148. The van der Waals surface area contributed by atoms with Crippen molar-refractivity contribution in [2.24, 2.45) is 11.8 Å². The van der Waals surface area contributed by atoms with E-state index in [-0.39, 0.29) is 17.4 Å². The van der Waals surface area contributed by atoms with Gasteiger partial charge in [-0.1, -0.05) is 6.92 Å². The zero-order valence-electron chi connectivity index (χ0n) is 10.5. The molecule has 1 aliphatic heterocycles. The summed E-state index contributed by atoms with van der Waals surface area (Å²) in [6, 6.07) is 0. The highest BCUT2D eigenvalue weighted by Gasteiger charge is 2.39. The fourth-order valence-electron chi connectivity index (χ4n) is 2.07. The highest BCUT2D eigenvalue weighted by Crippen LogP contribution is 2.29. The van der Waals surface area contributed by atoms with Crippen LogP contribution in [-0.2, 0) is 9.53 Å². The van der Waals surface area contributed by atoms with Crippen LogP contribution < -0.4 is 0 Å². The van der Waals surface area contributed by atoms with E-state index in [0.717, 1.165) is 13.1 Å². The van der Waals surface area contributed by atoms with E-state index in [1.807, 2.05) is 6.92 Å². The summed E-state index contributed by atoms with van der Waals surface area (Å²) in [5.74, 6) is 0.434. The van der Waals surface area contributed by atoms with Gasteiger partial charge >= 0.3 is 5.97 Å². The molecule has 0 aromatic rings. The van der Waals surface area contributed by atoms with E-state index in [9.17, 15) is 4.79 Å². The summed E-state index contributed by atoms with van der Waals surface area (Å²) in [4.78, 5) is 14.0. The van der Waals surface area contributed by atoms with Gasteiger partial charge in [-0.3, -0.25) is 9.69 Å². The van der Waals surface area contributed by atoms with Gasteiger partial charge in [0.15, 0.2) is 0 Å². The summed E-state index contributed by atoms with van der Waals surface area (Å²) >= 11 is 0. The zero-order chi connectivity index (χ0) is 11.6. The standard InChI is InChI=1S/C12H23NO2/c1-6-15-11(14)10-8-13(7-9(10)2)12(3,4)5/h9-10H,6-8H2,1-5H3/t9-,10-/m1/s1. The molecule has 15 heavy (non-hydrogen) atoms. The molecule has 0 bridgehead atoms. The molecule has 1 fully saturated rings. The number of carbonyl (C=O) groups is 1. The molecular weight excluding hydrogens is 190 g/mol. The Morgan fingerprint density at radius 1 is 1.40 bits per heavy atom. The van der Waals surface area contributed by atoms with Gasteiger partial charge in [-0.05, 0) is 33.6 Å². The van der Waals surface area contributed by atoms with E-state index in [2.05, 4.69) is 32.6 Å². The number of hydrogen-bond donors (Lipinski definition) is 0. The number of nitrogens with zero attached hydrogens (tertiary/aromatic N) is 1. The summed E-state index contributed by atoms with van der Waals surface area (Å²) in [7, 11) is 0. The van der Waals surface area contributed by atoms with Gasteiger partial charge < -0.3 is 4.74 Å². The van der Waals surface area contributed by atoms with Crippen LogP contribution >= 0.6 is 0 Å². The molecule has 0 unspecified atom stereocenters. The Balaban J connectivity index is 2.60. The molecular formula is C12H23NO2. The summed E-state index contributed by atoms with van der Waals surface area (Å²) in [5.41, 5.74) is 0.148. The molecule has 2 atom stereocenters. The predicted molar refractivity (Wildman–Crippen MR) is 60.6 cm³/mol. The van der Waals surface area contributed by atoms with Crippen LogP contribution in [0, 0.1) is 11.8 Å². The van der Waals surface area contributed by atoms with Gasteiger partial charge in [-0.15, -0.1) is 0 Å². The lowest BCUT2D eigenvalue weighted by atomic mass is 9.99. The first-order valence-electron chi connectivity index (χ1n) is 5.78. The number of ether oxygens (including phenoxy) is 1. The maximum absolute atomic E-state index is 11.7. The van der Waals surface area contributed by atoms with Crippen LogP contribution in [0.4, 0.5) is 0 Å². The maximum Gasteiger partial charge on any atom is 0.310 e. The first-order chi connectivity index (χ1) is 6.86. The Labute approximate surface area is 92.8 Å². The van der Waals surface area contributed by atoms with E-state index < -0.39 is 0 Å². The number of rotatable bonds is 2. The zero-order valence-corrected chi connectivity index (χ0v) is 10.5. The van der Waals surface area contributed by atoms with Crippen LogP contribution in [-0.4, -0.2) is 36.1 Å². The fourth-order valence-corrected chi connectivity index (χ4v) is 2.07. The van der Waals surface area contributed by atoms with E-state index in [4.69, 9.17) is 4.74 Å². The molecule has 0 spiro atoms. The Kier molecular flexibility index (Phi) is 3.77. The van der Waals surface area contributed by atoms with E-state index >= 15 is 0 Å². The van der Waals surface area contributed by atoms with Crippen LogP contribution in [0.25, 0.3) is 0 Å². The van der Waals surface area contributed by atoms with Crippen molar-refractivity contribution < 1.29 is 9.53 Å². The maximum atomic E-state index is 11.7. The van der Waals surface area contributed by atoms with Gasteiger partial charge in [0.05, 0.1) is 12.5 Å². The summed E-state index contributed by atoms with van der Waals surface area (Å²) in [5, 5.41) is 0. The minimum Gasteiger partial charge on any atom is -0.466 e. The van der Waals surface area contributed by atoms with Gasteiger partial charge in [-0.2, -0.15) is 0 Å². The Hall–Kier alpha value is -0.570. The molecule has 3 nitrogen and oxygen atoms in total. The highest BCUT2D eigenvalue weighted by molar-refractivity contribution is 5.73. The minimum atomic E-state index is -0.0308. The Morgan fingerprint density at radius 3 is 2.40 bits per heavy atom. The predicted octanol–water partition coefficient (Wildman–Crippen LogP) is 1.92. The van der Waals surface area contributed by atoms with Crippen LogP contribution in [0.5, 0.6) is 0 Å². The van der Waals surface area contributed by atoms with Crippen molar-refractivity contribution in [1.29, 1.82) is 0 Å². The molecule has 1 rings (SSSR count). The first kappa shape index (κ1) is 12.5. The van der Waals surface area contributed by atoms with E-state index in [1.54, 1.807) is 0 Å². The van der Waals surface area contributed by atoms with Gasteiger partial charge in [0.1, 0.15) is 0 Å². The molecule has 1 heterocycles. The second-order valence-electron chi connectivity index (χ2n) is 5.41. The molecule has 0 aromatic carbocycles. The molecule has 0 aliphatic carbocycles. The van der Waals surface area contributed by atoms with Crippen molar-refractivity contribution in [1.82, 2.24) is 4.90 Å². The summed E-state index contributed by atoms with van der Waals surface area (Å²) in [6.45, 7) is 12.9. The Morgan fingerprint density at radius 2 is 2.00 bits per heavy atom. The number of likely N-dealkylation sites (tertiary alicyclic amines) is 1. The molecule has 88 valence electrons. The van der Waals surface area contributed by atoms with E-state index in [1.165, 1.54) is 0 Å². The number of hydrogen-bond acceptors (Lipinski definition) is 3. The topological polar surface area (TPSA) is 29.5 Å². The molecule has 3 heteroatoms. The van der Waals surface area contributed by atoms with Crippen molar-refractivity contribution in [3.8, 4) is 0 Å². The molecule has 0 aromatic heterocycles. The smallest absolute Gasteiger partial charge is 0.310 e. The number of esters is 1. The SMILES string of the molecule is CCOC(=O)[C@@H]1CN(C(C)(C)C)C[C@H]1C. The van der Waals surface area contributed by atoms with Gasteiger partial charge in [-0.25, -0.2) is 0 Å². The molecule has 1 saturated heterocycles. The quantitative estimate of drug-likeness (QED) is 0.656. The average Bonchev–Trinajstić information content (AvgIpc) is 2.47. The van der Waals surface area contributed by atoms with Crippen LogP contribution in [0.2, 0.25) is 0 Å². The molecule has 0 amide bonds. The van der Waals surface area contributed by atoms with Crippen LogP contribution in [0.1, 0.15) is 34.6 Å². The monoisotopic (exact) mass is 213 g/mol. The normalized spacial score (nSPS) is 28.1. The van der Waals surface area contributed by atoms with Crippen molar-refractivity contribution in [2.75, 3.05) is 19.7 Å². The second-order valence-corrected chi connectivity index (χ2v) is 5.41. The molecule has 0 N–H and O–H groups in total.